The second kappa shape index (κ2) is 5.13. The van der Waals surface area contributed by atoms with Gasteiger partial charge in [-0.3, -0.25) is 0 Å². The van der Waals surface area contributed by atoms with E-state index in [-0.39, 0.29) is 5.75 Å². The number of thioether (sulfide) groups is 1. The van der Waals surface area contributed by atoms with Crippen LogP contribution in [0.1, 0.15) is 19.8 Å². The number of hydrogen-bond acceptors (Lipinski definition) is 4. The average Bonchev–Trinajstić information content (AvgIpc) is 3.18. The van der Waals surface area contributed by atoms with E-state index in [1.165, 1.54) is 12.8 Å². The normalized spacial score (nSPS) is 17.4. The molecule has 2 rings (SSSR count). The second-order valence-electron chi connectivity index (χ2n) is 4.67. The monoisotopic (exact) mass is 285 g/mol. The molecule has 1 saturated carbocycles. The molecule has 0 amide bonds. The molecule has 0 bridgehead atoms. The van der Waals surface area contributed by atoms with Gasteiger partial charge in [0, 0.05) is 17.0 Å². The zero-order valence-electron chi connectivity index (χ0n) is 10.8. The van der Waals surface area contributed by atoms with Crippen LogP contribution >= 0.6 is 11.8 Å². The highest BCUT2D eigenvalue weighted by molar-refractivity contribution is 8.00. The molecule has 3 nitrogen and oxygen atoms in total. The number of anilines is 1. The Bertz CT molecular complexity index is 504. The van der Waals surface area contributed by atoms with E-state index in [0.717, 1.165) is 12.2 Å². The number of rotatable bonds is 6. The maximum absolute atomic E-state index is 11.7. The minimum absolute atomic E-state index is 0.148. The first-order valence-corrected chi connectivity index (χ1v) is 9.01. The van der Waals surface area contributed by atoms with Crippen molar-refractivity contribution in [1.29, 1.82) is 0 Å². The molecule has 1 aliphatic carbocycles. The average molecular weight is 285 g/mol. The standard InChI is InChI=1S/C13H19NO2S2/c1-3-18(15,16)12-6-4-11(5-7-12)14-10-13(17-2)8-9-13/h4-7,14H,3,8-10H2,1-2H3. The van der Waals surface area contributed by atoms with Gasteiger partial charge in [-0.15, -0.1) is 0 Å². The van der Waals surface area contributed by atoms with Gasteiger partial charge < -0.3 is 5.32 Å². The minimum atomic E-state index is -3.08. The topological polar surface area (TPSA) is 46.2 Å². The van der Waals surface area contributed by atoms with Gasteiger partial charge in [-0.1, -0.05) is 6.92 Å². The van der Waals surface area contributed by atoms with E-state index in [9.17, 15) is 8.42 Å². The zero-order valence-corrected chi connectivity index (χ0v) is 12.4. The van der Waals surface area contributed by atoms with Gasteiger partial charge in [0.1, 0.15) is 0 Å². The van der Waals surface area contributed by atoms with Gasteiger partial charge in [0.15, 0.2) is 9.84 Å². The Morgan fingerprint density at radius 2 is 1.89 bits per heavy atom. The molecule has 1 N–H and O–H groups in total. The summed E-state index contributed by atoms with van der Waals surface area (Å²) in [7, 11) is -3.08. The van der Waals surface area contributed by atoms with Gasteiger partial charge in [-0.05, 0) is 43.4 Å². The van der Waals surface area contributed by atoms with Gasteiger partial charge in [0.2, 0.25) is 0 Å². The van der Waals surface area contributed by atoms with Crippen LogP contribution in [0.5, 0.6) is 0 Å². The molecule has 1 aromatic rings. The van der Waals surface area contributed by atoms with Crippen molar-refractivity contribution in [3.63, 3.8) is 0 Å². The molecule has 0 unspecified atom stereocenters. The van der Waals surface area contributed by atoms with Crippen LogP contribution in [0.4, 0.5) is 5.69 Å². The van der Waals surface area contributed by atoms with E-state index in [4.69, 9.17) is 0 Å². The fraction of sp³-hybridized carbons (Fsp3) is 0.538. The molecular formula is C13H19NO2S2. The minimum Gasteiger partial charge on any atom is -0.384 e. The Hall–Kier alpha value is -0.680. The van der Waals surface area contributed by atoms with E-state index in [0.29, 0.717) is 9.64 Å². The van der Waals surface area contributed by atoms with Crippen LogP contribution in [0.3, 0.4) is 0 Å². The highest BCUT2D eigenvalue weighted by Gasteiger charge is 2.41. The maximum Gasteiger partial charge on any atom is 0.178 e. The molecule has 0 spiro atoms. The Labute approximate surface area is 113 Å². The van der Waals surface area contributed by atoms with Crippen molar-refractivity contribution < 1.29 is 8.42 Å². The molecule has 0 heterocycles. The summed E-state index contributed by atoms with van der Waals surface area (Å²) in [4.78, 5) is 0.404. The number of benzene rings is 1. The lowest BCUT2D eigenvalue weighted by Crippen LogP contribution is -2.17. The third-order valence-electron chi connectivity index (χ3n) is 3.45. The molecule has 0 radical (unpaired) electrons. The summed E-state index contributed by atoms with van der Waals surface area (Å²) < 4.78 is 23.7. The fourth-order valence-electron chi connectivity index (χ4n) is 1.80. The second-order valence-corrected chi connectivity index (χ2v) is 8.22. The van der Waals surface area contributed by atoms with Crippen molar-refractivity contribution in [2.45, 2.75) is 29.4 Å². The molecule has 1 aromatic carbocycles. The number of sulfone groups is 1. The maximum atomic E-state index is 11.7. The van der Waals surface area contributed by atoms with Gasteiger partial charge in [-0.25, -0.2) is 8.42 Å². The Kier molecular flexibility index (Phi) is 3.92. The molecule has 1 aliphatic rings. The number of hydrogen-bond donors (Lipinski definition) is 1. The summed E-state index contributed by atoms with van der Waals surface area (Å²) in [5.74, 6) is 0.148. The van der Waals surface area contributed by atoms with Crippen molar-refractivity contribution in [3.8, 4) is 0 Å². The summed E-state index contributed by atoms with van der Waals surface area (Å²) in [6.07, 6.45) is 4.68. The summed E-state index contributed by atoms with van der Waals surface area (Å²) in [5.41, 5.74) is 0.991. The highest BCUT2D eigenvalue weighted by atomic mass is 32.2. The summed E-state index contributed by atoms with van der Waals surface area (Å²) >= 11 is 1.91. The molecular weight excluding hydrogens is 266 g/mol. The van der Waals surface area contributed by atoms with Crippen LogP contribution in [-0.2, 0) is 9.84 Å². The van der Waals surface area contributed by atoms with Crippen LogP contribution < -0.4 is 5.32 Å². The Balaban J connectivity index is 2.00. The van der Waals surface area contributed by atoms with E-state index >= 15 is 0 Å². The van der Waals surface area contributed by atoms with Crippen LogP contribution in [0.2, 0.25) is 0 Å². The van der Waals surface area contributed by atoms with Gasteiger partial charge >= 0.3 is 0 Å². The Morgan fingerprint density at radius 1 is 1.28 bits per heavy atom. The lowest BCUT2D eigenvalue weighted by Gasteiger charge is -2.14. The summed E-state index contributed by atoms with van der Waals surface area (Å²) in [5, 5.41) is 3.38. The SMILES string of the molecule is CCS(=O)(=O)c1ccc(NCC2(SC)CC2)cc1. The predicted octanol–water partition coefficient (Wildman–Crippen LogP) is 2.79. The Morgan fingerprint density at radius 3 is 2.33 bits per heavy atom. The van der Waals surface area contributed by atoms with Crippen LogP contribution in [0.25, 0.3) is 0 Å². The molecule has 0 aromatic heterocycles. The van der Waals surface area contributed by atoms with Crippen LogP contribution in [-0.4, -0.2) is 31.7 Å². The summed E-state index contributed by atoms with van der Waals surface area (Å²) in [6, 6.07) is 7.05. The van der Waals surface area contributed by atoms with Crippen molar-refractivity contribution in [2.75, 3.05) is 23.9 Å². The first-order valence-electron chi connectivity index (χ1n) is 6.13. The lowest BCUT2D eigenvalue weighted by atomic mass is 10.3. The fourth-order valence-corrected chi connectivity index (χ4v) is 3.41. The highest BCUT2D eigenvalue weighted by Crippen LogP contribution is 2.47. The van der Waals surface area contributed by atoms with Crippen molar-refractivity contribution in [2.24, 2.45) is 0 Å². The summed E-state index contributed by atoms with van der Waals surface area (Å²) in [6.45, 7) is 2.62. The zero-order chi connectivity index (χ0) is 13.2. The predicted molar refractivity (Wildman–Crippen MR) is 78.1 cm³/mol. The van der Waals surface area contributed by atoms with E-state index in [2.05, 4.69) is 11.6 Å². The van der Waals surface area contributed by atoms with Crippen LogP contribution in [0, 0.1) is 0 Å². The number of nitrogens with one attached hydrogen (secondary N) is 1. The van der Waals surface area contributed by atoms with Gasteiger partial charge in [0.05, 0.1) is 10.6 Å². The molecule has 0 saturated heterocycles. The molecule has 18 heavy (non-hydrogen) atoms. The quantitative estimate of drug-likeness (QED) is 0.873. The van der Waals surface area contributed by atoms with Crippen molar-refractivity contribution >= 4 is 27.3 Å². The third kappa shape index (κ3) is 3.01. The first-order chi connectivity index (χ1) is 8.51. The smallest absolute Gasteiger partial charge is 0.178 e. The van der Waals surface area contributed by atoms with Gasteiger partial charge in [-0.2, -0.15) is 11.8 Å². The van der Waals surface area contributed by atoms with E-state index in [1.807, 2.05) is 23.9 Å². The molecule has 0 atom stereocenters. The van der Waals surface area contributed by atoms with E-state index in [1.54, 1.807) is 19.1 Å². The third-order valence-corrected chi connectivity index (χ3v) is 6.62. The van der Waals surface area contributed by atoms with Crippen molar-refractivity contribution in [3.05, 3.63) is 24.3 Å². The molecule has 5 heteroatoms. The van der Waals surface area contributed by atoms with E-state index < -0.39 is 9.84 Å². The van der Waals surface area contributed by atoms with Gasteiger partial charge in [0.25, 0.3) is 0 Å². The largest absolute Gasteiger partial charge is 0.384 e. The lowest BCUT2D eigenvalue weighted by molar-refractivity contribution is 0.597. The van der Waals surface area contributed by atoms with Crippen molar-refractivity contribution in [1.82, 2.24) is 0 Å². The molecule has 1 fully saturated rings. The molecule has 0 aliphatic heterocycles. The first kappa shape index (κ1) is 13.7. The molecule has 100 valence electrons. The van der Waals surface area contributed by atoms with Crippen LogP contribution in [0.15, 0.2) is 29.2 Å².